The quantitative estimate of drug-likeness (QED) is 0.615. The summed E-state index contributed by atoms with van der Waals surface area (Å²) in [4.78, 5) is 24.3. The fourth-order valence-electron chi connectivity index (χ4n) is 2.12. The largest absolute Gasteiger partial charge is 0.330 e. The van der Waals surface area contributed by atoms with Gasteiger partial charge in [0.2, 0.25) is 5.91 Å². The maximum Gasteiger partial charge on any atom is 0.220 e. The summed E-state index contributed by atoms with van der Waals surface area (Å²) in [5.74, 6) is 0.133. The van der Waals surface area contributed by atoms with E-state index >= 15 is 0 Å². The number of carbonyl (C=O) groups excluding carboxylic acids is 2. The summed E-state index contributed by atoms with van der Waals surface area (Å²) < 4.78 is 0. The predicted octanol–water partition coefficient (Wildman–Crippen LogP) is 1.36. The minimum absolute atomic E-state index is 0.0207. The number of hydrogen-bond acceptors (Lipinski definition) is 2. The number of Topliss-reactive ketones (excluding diaryl/α,β-unsaturated/α-hetero) is 1. The van der Waals surface area contributed by atoms with Crippen LogP contribution in [0.1, 0.15) is 40.0 Å². The maximum absolute atomic E-state index is 11.3. The molecule has 1 aliphatic heterocycles. The van der Waals surface area contributed by atoms with Crippen LogP contribution in [0.4, 0.5) is 0 Å². The average Bonchev–Trinajstić information content (AvgIpc) is 2.02. The topological polar surface area (TPSA) is 37.4 Å². The molecule has 3 heteroatoms. The Bertz CT molecular complexity index is 225. The van der Waals surface area contributed by atoms with E-state index in [0.29, 0.717) is 0 Å². The van der Waals surface area contributed by atoms with E-state index in [4.69, 9.17) is 0 Å². The van der Waals surface area contributed by atoms with Crippen molar-refractivity contribution in [1.82, 2.24) is 4.90 Å². The molecule has 1 rings (SSSR count). The van der Waals surface area contributed by atoms with Crippen molar-refractivity contribution >= 4 is 11.7 Å². The number of ketones is 1. The SMILES string of the molecule is CC(=O)C1CCCC(C)N1C(C)=O. The van der Waals surface area contributed by atoms with E-state index in [9.17, 15) is 9.59 Å². The molecule has 0 saturated carbocycles. The fourth-order valence-corrected chi connectivity index (χ4v) is 2.12. The first-order valence-corrected chi connectivity index (χ1v) is 4.83. The molecule has 74 valence electrons. The van der Waals surface area contributed by atoms with E-state index in [-0.39, 0.29) is 23.8 Å². The molecule has 1 saturated heterocycles. The van der Waals surface area contributed by atoms with Crippen molar-refractivity contribution in [3.63, 3.8) is 0 Å². The molecule has 0 aromatic rings. The molecule has 3 nitrogen and oxygen atoms in total. The molecule has 1 fully saturated rings. The van der Waals surface area contributed by atoms with E-state index in [1.165, 1.54) is 6.92 Å². The van der Waals surface area contributed by atoms with Crippen LogP contribution in [0, 0.1) is 0 Å². The second-order valence-electron chi connectivity index (χ2n) is 3.83. The third-order valence-corrected chi connectivity index (χ3v) is 2.74. The minimum Gasteiger partial charge on any atom is -0.330 e. The second kappa shape index (κ2) is 3.90. The highest BCUT2D eigenvalue weighted by Crippen LogP contribution is 2.23. The molecule has 2 atom stereocenters. The molecule has 0 aliphatic carbocycles. The van der Waals surface area contributed by atoms with Crippen molar-refractivity contribution in [1.29, 1.82) is 0 Å². The van der Waals surface area contributed by atoms with Crippen LogP contribution in [-0.4, -0.2) is 28.7 Å². The number of nitrogens with zero attached hydrogens (tertiary/aromatic N) is 1. The van der Waals surface area contributed by atoms with Gasteiger partial charge in [0.25, 0.3) is 0 Å². The molecule has 2 unspecified atom stereocenters. The van der Waals surface area contributed by atoms with Gasteiger partial charge < -0.3 is 4.90 Å². The third kappa shape index (κ3) is 2.08. The second-order valence-corrected chi connectivity index (χ2v) is 3.83. The number of piperidine rings is 1. The first kappa shape index (κ1) is 10.2. The number of rotatable bonds is 1. The van der Waals surface area contributed by atoms with E-state index in [0.717, 1.165) is 19.3 Å². The number of carbonyl (C=O) groups is 2. The van der Waals surface area contributed by atoms with Gasteiger partial charge in [0, 0.05) is 13.0 Å². The van der Waals surface area contributed by atoms with Gasteiger partial charge in [-0.1, -0.05) is 0 Å². The highest BCUT2D eigenvalue weighted by Gasteiger charge is 2.32. The van der Waals surface area contributed by atoms with Crippen LogP contribution in [-0.2, 0) is 9.59 Å². The Balaban J connectivity index is 2.80. The predicted molar refractivity (Wildman–Crippen MR) is 50.3 cm³/mol. The molecule has 0 radical (unpaired) electrons. The van der Waals surface area contributed by atoms with Crippen LogP contribution in [0.3, 0.4) is 0 Å². The van der Waals surface area contributed by atoms with Gasteiger partial charge >= 0.3 is 0 Å². The zero-order valence-corrected chi connectivity index (χ0v) is 8.54. The summed E-state index contributed by atoms with van der Waals surface area (Å²) in [6.45, 7) is 5.12. The van der Waals surface area contributed by atoms with Crippen LogP contribution in [0.25, 0.3) is 0 Å². The normalized spacial score (nSPS) is 28.7. The van der Waals surface area contributed by atoms with Crippen LogP contribution in [0.15, 0.2) is 0 Å². The first-order chi connectivity index (χ1) is 6.04. The molecule has 1 amide bonds. The van der Waals surface area contributed by atoms with E-state index in [1.54, 1.807) is 11.8 Å². The van der Waals surface area contributed by atoms with Gasteiger partial charge in [-0.2, -0.15) is 0 Å². The van der Waals surface area contributed by atoms with Gasteiger partial charge in [-0.05, 0) is 33.1 Å². The molecule has 0 spiro atoms. The Morgan fingerprint density at radius 2 is 1.85 bits per heavy atom. The average molecular weight is 183 g/mol. The van der Waals surface area contributed by atoms with Gasteiger partial charge in [-0.3, -0.25) is 9.59 Å². The Hall–Kier alpha value is -0.860. The van der Waals surface area contributed by atoms with Gasteiger partial charge in [-0.25, -0.2) is 0 Å². The first-order valence-electron chi connectivity index (χ1n) is 4.83. The third-order valence-electron chi connectivity index (χ3n) is 2.74. The van der Waals surface area contributed by atoms with Crippen molar-refractivity contribution < 1.29 is 9.59 Å². The summed E-state index contributed by atoms with van der Waals surface area (Å²) in [6.07, 6.45) is 2.90. The highest BCUT2D eigenvalue weighted by molar-refractivity contribution is 5.87. The summed E-state index contributed by atoms with van der Waals surface area (Å²) in [7, 11) is 0. The molecule has 13 heavy (non-hydrogen) atoms. The molecular formula is C10H17NO2. The standard InChI is InChI=1S/C10H17NO2/c1-7-5-4-6-10(8(2)12)11(7)9(3)13/h7,10H,4-6H2,1-3H3. The smallest absolute Gasteiger partial charge is 0.220 e. The summed E-state index contributed by atoms with van der Waals surface area (Å²) in [5, 5.41) is 0. The zero-order valence-electron chi connectivity index (χ0n) is 8.54. The van der Waals surface area contributed by atoms with E-state index in [2.05, 4.69) is 0 Å². The lowest BCUT2D eigenvalue weighted by Crippen LogP contribution is -2.50. The molecule has 1 aliphatic rings. The van der Waals surface area contributed by atoms with E-state index < -0.39 is 0 Å². The summed E-state index contributed by atoms with van der Waals surface area (Å²) in [6, 6.07) is 0.0569. The molecule has 0 N–H and O–H groups in total. The van der Waals surface area contributed by atoms with Crippen LogP contribution in [0.5, 0.6) is 0 Å². The fraction of sp³-hybridized carbons (Fsp3) is 0.800. The van der Waals surface area contributed by atoms with Gasteiger partial charge in [-0.15, -0.1) is 0 Å². The van der Waals surface area contributed by atoms with Crippen LogP contribution in [0.2, 0.25) is 0 Å². The highest BCUT2D eigenvalue weighted by atomic mass is 16.2. The summed E-state index contributed by atoms with van der Waals surface area (Å²) in [5.41, 5.74) is 0. The Morgan fingerprint density at radius 3 is 2.23 bits per heavy atom. The molecular weight excluding hydrogens is 166 g/mol. The lowest BCUT2D eigenvalue weighted by Gasteiger charge is -2.38. The minimum atomic E-state index is -0.166. The van der Waals surface area contributed by atoms with Crippen molar-refractivity contribution in [3.05, 3.63) is 0 Å². The molecule has 0 aromatic carbocycles. The Kier molecular flexibility index (Phi) is 3.07. The van der Waals surface area contributed by atoms with Crippen molar-refractivity contribution in [2.24, 2.45) is 0 Å². The van der Waals surface area contributed by atoms with Gasteiger partial charge in [0.15, 0.2) is 5.78 Å². The van der Waals surface area contributed by atoms with Gasteiger partial charge in [0.05, 0.1) is 6.04 Å². The van der Waals surface area contributed by atoms with Crippen molar-refractivity contribution in [2.45, 2.75) is 52.1 Å². The lowest BCUT2D eigenvalue weighted by molar-refractivity contribution is -0.141. The Morgan fingerprint density at radius 1 is 1.23 bits per heavy atom. The number of likely N-dealkylation sites (tertiary alicyclic amines) is 1. The van der Waals surface area contributed by atoms with Crippen molar-refractivity contribution in [2.75, 3.05) is 0 Å². The molecule has 0 bridgehead atoms. The molecule has 0 aromatic heterocycles. The number of hydrogen-bond donors (Lipinski definition) is 0. The monoisotopic (exact) mass is 183 g/mol. The molecule has 1 heterocycles. The van der Waals surface area contributed by atoms with E-state index in [1.807, 2.05) is 6.92 Å². The van der Waals surface area contributed by atoms with Crippen LogP contribution < -0.4 is 0 Å². The summed E-state index contributed by atoms with van der Waals surface area (Å²) >= 11 is 0. The lowest BCUT2D eigenvalue weighted by atomic mass is 9.94. The van der Waals surface area contributed by atoms with Gasteiger partial charge in [0.1, 0.15) is 0 Å². The maximum atomic E-state index is 11.3. The van der Waals surface area contributed by atoms with Crippen LogP contribution >= 0.6 is 0 Å². The number of amides is 1. The zero-order chi connectivity index (χ0) is 10.0. The Labute approximate surface area is 79.1 Å². The van der Waals surface area contributed by atoms with Crippen molar-refractivity contribution in [3.8, 4) is 0 Å².